The van der Waals surface area contributed by atoms with E-state index >= 15 is 4.79 Å². The lowest BCUT2D eigenvalue weighted by Crippen LogP contribution is -2.38. The summed E-state index contributed by atoms with van der Waals surface area (Å²) < 4.78 is 36.6. The largest absolute Gasteiger partial charge is 0.461 e. The van der Waals surface area contributed by atoms with Gasteiger partial charge < -0.3 is 10.1 Å². The van der Waals surface area contributed by atoms with Gasteiger partial charge in [0.2, 0.25) is 0 Å². The van der Waals surface area contributed by atoms with Gasteiger partial charge in [0.25, 0.3) is 15.9 Å². The minimum atomic E-state index is -4.34. The fraction of sp³-hybridized carbons (Fsp3) is 0.227. The predicted molar refractivity (Wildman–Crippen MR) is 220 cm³/mol. The quantitative estimate of drug-likeness (QED) is 0.0366. The lowest BCUT2D eigenvalue weighted by atomic mass is 9.85. The Morgan fingerprint density at radius 1 is 0.931 bits per heavy atom. The number of rotatable bonds is 14. The van der Waals surface area contributed by atoms with Gasteiger partial charge in [0.15, 0.2) is 11.5 Å². The maximum atomic E-state index is 15.2. The van der Waals surface area contributed by atoms with Crippen LogP contribution < -0.4 is 10.0 Å². The number of nitrogens with one attached hydrogen (secondary N) is 2. The number of hydrogen-bond acceptors (Lipinski definition) is 9. The summed E-state index contributed by atoms with van der Waals surface area (Å²) in [6.07, 6.45) is 2.43. The Morgan fingerprint density at radius 3 is 2.47 bits per heavy atom. The van der Waals surface area contributed by atoms with E-state index in [-0.39, 0.29) is 40.9 Å². The van der Waals surface area contributed by atoms with Crippen molar-refractivity contribution in [1.82, 2.24) is 19.8 Å². The first-order valence-corrected chi connectivity index (χ1v) is 20.6. The fourth-order valence-electron chi connectivity index (χ4n) is 7.34. The number of ketones is 1. The van der Waals surface area contributed by atoms with E-state index in [9.17, 15) is 18.0 Å². The van der Waals surface area contributed by atoms with E-state index in [2.05, 4.69) is 20.1 Å². The highest BCUT2D eigenvalue weighted by Crippen LogP contribution is 2.37. The fourth-order valence-corrected chi connectivity index (χ4v) is 8.35. The molecule has 1 atom stereocenters. The lowest BCUT2D eigenvalue weighted by molar-refractivity contribution is 0.0519. The zero-order valence-electron chi connectivity index (χ0n) is 32.0. The van der Waals surface area contributed by atoms with Crippen LogP contribution in [0.25, 0.3) is 38.0 Å². The summed E-state index contributed by atoms with van der Waals surface area (Å²) in [5.74, 6) is -2.08. The van der Waals surface area contributed by atoms with Crippen LogP contribution in [-0.4, -0.2) is 55.1 Å². The Bertz CT molecular complexity index is 2710. The Kier molecular flexibility index (Phi) is 11.8. The summed E-state index contributed by atoms with van der Waals surface area (Å²) in [4.78, 5) is 45.7. The van der Waals surface area contributed by atoms with E-state index in [1.807, 2.05) is 55.5 Å². The number of carbonyl (C=O) groups is 3. The number of para-hydroxylation sites is 1. The van der Waals surface area contributed by atoms with Gasteiger partial charge in [-0.3, -0.25) is 9.59 Å². The van der Waals surface area contributed by atoms with Crippen LogP contribution >= 0.6 is 0 Å². The molecule has 0 saturated heterocycles. The number of fused-ring (bicyclic) bond motifs is 2. The van der Waals surface area contributed by atoms with Crippen LogP contribution in [0.3, 0.4) is 0 Å². The number of benzene rings is 5. The van der Waals surface area contributed by atoms with E-state index in [0.717, 1.165) is 29.4 Å². The van der Waals surface area contributed by atoms with Gasteiger partial charge in [-0.1, -0.05) is 91.3 Å². The molecule has 0 bridgehead atoms. The van der Waals surface area contributed by atoms with Crippen LogP contribution in [0, 0.1) is 0 Å². The van der Waals surface area contributed by atoms with Crippen molar-refractivity contribution in [2.75, 3.05) is 13.2 Å². The second kappa shape index (κ2) is 17.3. The molecule has 7 rings (SSSR count). The summed E-state index contributed by atoms with van der Waals surface area (Å²) in [6.45, 7) is 4.43. The van der Waals surface area contributed by atoms with Crippen LogP contribution in [0.4, 0.5) is 0 Å². The number of esters is 1. The molecule has 1 amide bonds. The smallest absolute Gasteiger partial charge is 0.359 e. The zero-order valence-corrected chi connectivity index (χ0v) is 32.8. The van der Waals surface area contributed by atoms with Gasteiger partial charge in [-0.25, -0.2) is 22.6 Å². The van der Waals surface area contributed by atoms with Gasteiger partial charge in [0.1, 0.15) is 0 Å². The molecule has 1 aliphatic rings. The van der Waals surface area contributed by atoms with Crippen molar-refractivity contribution < 1.29 is 27.5 Å². The summed E-state index contributed by atoms with van der Waals surface area (Å²) in [5.41, 5.74) is 13.0. The van der Waals surface area contributed by atoms with Crippen LogP contribution in [-0.2, 0) is 34.1 Å². The van der Waals surface area contributed by atoms with Gasteiger partial charge in [-0.05, 0) is 95.6 Å². The first-order valence-electron chi connectivity index (χ1n) is 19.1. The molecule has 0 fully saturated rings. The standard InChI is InChI=1S/C44H41N7O6S/c1-3-5-18-39-40(41(44(54)57-4-2)48-51(39)33-15-7-6-8-16-33)35-22-20-30(43(53)49-58(55,56)34-21-19-28-12-9-10-13-29(28)23-34)24-38(35)42(52)36-17-11-14-31-26-46-32(25-37(31)36)27-47-50-45/h6-17,19-24,32,46H,3-5,18,25-27H2,1-2H3,(H,49,53). The highest BCUT2D eigenvalue weighted by molar-refractivity contribution is 7.90. The molecule has 1 aromatic heterocycles. The maximum Gasteiger partial charge on any atom is 0.359 e. The lowest BCUT2D eigenvalue weighted by Gasteiger charge is -2.27. The van der Waals surface area contributed by atoms with Gasteiger partial charge in [-0.15, -0.1) is 0 Å². The van der Waals surface area contributed by atoms with E-state index < -0.39 is 27.7 Å². The number of azide groups is 1. The van der Waals surface area contributed by atoms with Crippen molar-refractivity contribution >= 4 is 38.5 Å². The topological polar surface area (TPSA) is 185 Å². The van der Waals surface area contributed by atoms with Crippen molar-refractivity contribution in [3.8, 4) is 16.8 Å². The normalized spacial score (nSPS) is 13.7. The number of carbonyl (C=O) groups excluding carboxylic acids is 3. The molecule has 5 aromatic carbocycles. The predicted octanol–water partition coefficient (Wildman–Crippen LogP) is 7.89. The van der Waals surface area contributed by atoms with E-state index in [1.165, 1.54) is 24.3 Å². The average Bonchev–Trinajstić information content (AvgIpc) is 3.63. The molecule has 294 valence electrons. The molecule has 13 nitrogen and oxygen atoms in total. The number of hydrogen-bond donors (Lipinski definition) is 2. The summed E-state index contributed by atoms with van der Waals surface area (Å²) in [5, 5.41) is 13.4. The minimum absolute atomic E-state index is 0.00402. The molecule has 58 heavy (non-hydrogen) atoms. The minimum Gasteiger partial charge on any atom is -0.461 e. The maximum absolute atomic E-state index is 15.2. The van der Waals surface area contributed by atoms with E-state index in [0.29, 0.717) is 52.8 Å². The van der Waals surface area contributed by atoms with Crippen molar-refractivity contribution in [3.05, 3.63) is 159 Å². The number of amides is 1. The number of nitrogens with zero attached hydrogens (tertiary/aromatic N) is 5. The van der Waals surface area contributed by atoms with Crippen molar-refractivity contribution in [2.24, 2.45) is 5.11 Å². The zero-order chi connectivity index (χ0) is 40.8. The third kappa shape index (κ3) is 8.12. The molecule has 1 aliphatic heterocycles. The number of unbranched alkanes of at least 4 members (excludes halogenated alkanes) is 1. The summed E-state index contributed by atoms with van der Waals surface area (Å²) in [7, 11) is -4.34. The molecular weight excluding hydrogens is 755 g/mol. The molecular formula is C44H41N7O6S. The highest BCUT2D eigenvalue weighted by atomic mass is 32.2. The van der Waals surface area contributed by atoms with Crippen LogP contribution in [0.15, 0.2) is 119 Å². The Hall–Kier alpha value is -6.60. The second-order valence-electron chi connectivity index (χ2n) is 13.9. The molecule has 0 saturated carbocycles. The first-order chi connectivity index (χ1) is 28.1. The highest BCUT2D eigenvalue weighted by Gasteiger charge is 2.32. The monoisotopic (exact) mass is 795 g/mol. The third-order valence-corrected chi connectivity index (χ3v) is 11.5. The molecule has 0 aliphatic carbocycles. The number of ether oxygens (including phenoxy) is 1. The number of aromatic nitrogens is 2. The second-order valence-corrected chi connectivity index (χ2v) is 15.6. The molecule has 6 aromatic rings. The summed E-state index contributed by atoms with van der Waals surface area (Å²) in [6, 6.07) is 30.7. The Balaban J connectivity index is 1.41. The molecule has 14 heteroatoms. The van der Waals surface area contributed by atoms with E-state index in [1.54, 1.807) is 48.0 Å². The average molecular weight is 796 g/mol. The van der Waals surface area contributed by atoms with Gasteiger partial charge >= 0.3 is 5.97 Å². The van der Waals surface area contributed by atoms with Crippen LogP contribution in [0.2, 0.25) is 0 Å². The Labute approximate surface area is 335 Å². The van der Waals surface area contributed by atoms with Crippen LogP contribution in [0.1, 0.15) is 80.3 Å². The van der Waals surface area contributed by atoms with Crippen molar-refractivity contribution in [3.63, 3.8) is 0 Å². The van der Waals surface area contributed by atoms with Crippen molar-refractivity contribution in [1.29, 1.82) is 0 Å². The summed E-state index contributed by atoms with van der Waals surface area (Å²) >= 11 is 0. The Morgan fingerprint density at radius 2 is 1.71 bits per heavy atom. The first kappa shape index (κ1) is 39.6. The van der Waals surface area contributed by atoms with Crippen molar-refractivity contribution in [2.45, 2.75) is 57.0 Å². The third-order valence-electron chi connectivity index (χ3n) is 10.2. The molecule has 0 spiro atoms. The van der Waals surface area contributed by atoms with Gasteiger partial charge in [0, 0.05) is 46.3 Å². The molecule has 2 N–H and O–H groups in total. The van der Waals surface area contributed by atoms with Crippen LogP contribution in [0.5, 0.6) is 0 Å². The SMILES string of the molecule is CCCCc1c(-c2ccc(C(=O)NS(=O)(=O)c3ccc4ccccc4c3)cc2C(=O)c2cccc3c2CC(CN=[N+]=[N-])NC3)c(C(=O)OCC)nn1-c1ccccc1. The molecule has 0 radical (unpaired) electrons. The number of sulfonamides is 1. The molecule has 2 heterocycles. The molecule has 1 unspecified atom stereocenters. The van der Waals surface area contributed by atoms with Gasteiger partial charge in [-0.2, -0.15) is 5.10 Å². The van der Waals surface area contributed by atoms with E-state index in [4.69, 9.17) is 15.4 Å². The van der Waals surface area contributed by atoms with Gasteiger partial charge in [0.05, 0.1) is 22.9 Å².